The van der Waals surface area contributed by atoms with Gasteiger partial charge in [0.05, 0.1) is 13.2 Å². The Balaban J connectivity index is 2.25. The third kappa shape index (κ3) is 2.90. The molecule has 6 heteroatoms. The van der Waals surface area contributed by atoms with E-state index in [2.05, 4.69) is 10.1 Å². The van der Waals surface area contributed by atoms with E-state index in [-0.39, 0.29) is 17.7 Å². The van der Waals surface area contributed by atoms with Gasteiger partial charge in [0, 0.05) is 5.56 Å². The second kappa shape index (κ2) is 5.79. The highest BCUT2D eigenvalue weighted by Crippen LogP contribution is 2.25. The largest absolute Gasteiger partial charge is 0.494 e. The highest BCUT2D eigenvalue weighted by atomic mass is 19.1. The summed E-state index contributed by atoms with van der Waals surface area (Å²) in [5, 5.41) is 3.82. The third-order valence-electron chi connectivity index (χ3n) is 2.77. The topological polar surface area (TPSA) is 74.2 Å². The Kier molecular flexibility index (Phi) is 4.11. The minimum absolute atomic E-state index is 0.172. The lowest BCUT2D eigenvalue weighted by molar-refractivity contribution is 0.386. The summed E-state index contributed by atoms with van der Waals surface area (Å²) in [5.74, 6) is 0.389. The summed E-state index contributed by atoms with van der Waals surface area (Å²) in [6.07, 6.45) is 1.71. The minimum atomic E-state index is -0.474. The lowest BCUT2D eigenvalue weighted by Gasteiger charge is -2.03. The van der Waals surface area contributed by atoms with Crippen molar-refractivity contribution < 1.29 is 13.7 Å². The molecule has 0 aliphatic carbocycles. The van der Waals surface area contributed by atoms with E-state index in [0.717, 1.165) is 12.8 Å². The molecule has 1 heterocycles. The van der Waals surface area contributed by atoms with Crippen LogP contribution in [0, 0.1) is 5.82 Å². The van der Waals surface area contributed by atoms with Gasteiger partial charge in [0.25, 0.3) is 5.89 Å². The van der Waals surface area contributed by atoms with Crippen LogP contribution in [0.3, 0.4) is 0 Å². The molecule has 0 saturated carbocycles. The Morgan fingerprint density at radius 1 is 1.47 bits per heavy atom. The molecule has 2 rings (SSSR count). The summed E-state index contributed by atoms with van der Waals surface area (Å²) in [7, 11) is 1.41. The lowest BCUT2D eigenvalue weighted by atomic mass is 10.1. The first kappa shape index (κ1) is 13.5. The van der Waals surface area contributed by atoms with Gasteiger partial charge in [-0.2, -0.15) is 4.98 Å². The van der Waals surface area contributed by atoms with Crippen LogP contribution < -0.4 is 10.5 Å². The molecule has 0 aliphatic heterocycles. The van der Waals surface area contributed by atoms with Crippen molar-refractivity contribution in [1.82, 2.24) is 10.1 Å². The first-order valence-electron chi connectivity index (χ1n) is 6.08. The SMILES string of the molecule is CCCC(N)c1noc(-c2ccc(OC)c(F)c2)n1. The number of ether oxygens (including phenoxy) is 1. The van der Waals surface area contributed by atoms with Gasteiger partial charge in [-0.25, -0.2) is 4.39 Å². The maximum absolute atomic E-state index is 13.6. The summed E-state index contributed by atoms with van der Waals surface area (Å²) >= 11 is 0. The summed E-state index contributed by atoms with van der Waals surface area (Å²) in [6.45, 7) is 2.03. The van der Waals surface area contributed by atoms with Crippen molar-refractivity contribution in [2.45, 2.75) is 25.8 Å². The molecule has 0 spiro atoms. The van der Waals surface area contributed by atoms with Crippen LogP contribution in [0.2, 0.25) is 0 Å². The van der Waals surface area contributed by atoms with E-state index in [9.17, 15) is 4.39 Å². The molecule has 0 fully saturated rings. The van der Waals surface area contributed by atoms with Crippen molar-refractivity contribution in [3.05, 3.63) is 29.8 Å². The molecule has 102 valence electrons. The van der Waals surface area contributed by atoms with Gasteiger partial charge in [-0.3, -0.25) is 0 Å². The van der Waals surface area contributed by atoms with Gasteiger partial charge in [-0.15, -0.1) is 0 Å². The normalized spacial score (nSPS) is 12.4. The van der Waals surface area contributed by atoms with Crippen LogP contribution in [0.15, 0.2) is 22.7 Å². The van der Waals surface area contributed by atoms with Crippen molar-refractivity contribution in [3.63, 3.8) is 0 Å². The number of halogens is 1. The second-order valence-corrected chi connectivity index (χ2v) is 4.20. The molecular weight excluding hydrogens is 249 g/mol. The highest BCUT2D eigenvalue weighted by Gasteiger charge is 2.15. The monoisotopic (exact) mass is 265 g/mol. The van der Waals surface area contributed by atoms with Crippen LogP contribution >= 0.6 is 0 Å². The number of nitrogens with two attached hydrogens (primary N) is 1. The highest BCUT2D eigenvalue weighted by molar-refractivity contribution is 5.54. The fourth-order valence-electron chi connectivity index (χ4n) is 1.74. The minimum Gasteiger partial charge on any atom is -0.494 e. The molecular formula is C13H16FN3O2. The van der Waals surface area contributed by atoms with Crippen LogP contribution in [0.4, 0.5) is 4.39 Å². The molecule has 2 aromatic rings. The Bertz CT molecular complexity index is 557. The predicted molar refractivity (Wildman–Crippen MR) is 68.1 cm³/mol. The number of nitrogens with zero attached hydrogens (tertiary/aromatic N) is 2. The predicted octanol–water partition coefficient (Wildman–Crippen LogP) is 2.68. The molecule has 0 aliphatic rings. The molecule has 0 amide bonds. The summed E-state index contributed by atoms with van der Waals surface area (Å²) < 4.78 is 23.5. The van der Waals surface area contributed by atoms with Crippen LogP contribution in [-0.2, 0) is 0 Å². The average molecular weight is 265 g/mol. The van der Waals surface area contributed by atoms with Crippen molar-refractivity contribution in [2.24, 2.45) is 5.73 Å². The van der Waals surface area contributed by atoms with Gasteiger partial charge in [-0.1, -0.05) is 18.5 Å². The Hall–Kier alpha value is -1.95. The van der Waals surface area contributed by atoms with Gasteiger partial charge >= 0.3 is 0 Å². The zero-order chi connectivity index (χ0) is 13.8. The van der Waals surface area contributed by atoms with E-state index in [1.807, 2.05) is 6.92 Å². The zero-order valence-corrected chi connectivity index (χ0v) is 10.9. The smallest absolute Gasteiger partial charge is 0.258 e. The molecule has 0 saturated heterocycles. The molecule has 1 aromatic carbocycles. The van der Waals surface area contributed by atoms with Crippen LogP contribution in [0.5, 0.6) is 5.75 Å². The van der Waals surface area contributed by atoms with Crippen molar-refractivity contribution >= 4 is 0 Å². The van der Waals surface area contributed by atoms with E-state index in [0.29, 0.717) is 11.4 Å². The Labute approximate surface area is 110 Å². The summed E-state index contributed by atoms with van der Waals surface area (Å²) in [5.41, 5.74) is 6.39. The van der Waals surface area contributed by atoms with Crippen molar-refractivity contribution in [3.8, 4) is 17.2 Å². The lowest BCUT2D eigenvalue weighted by Crippen LogP contribution is -2.11. The quantitative estimate of drug-likeness (QED) is 0.899. The van der Waals surface area contributed by atoms with Crippen molar-refractivity contribution in [2.75, 3.05) is 7.11 Å². The van der Waals surface area contributed by atoms with Crippen LogP contribution in [0.25, 0.3) is 11.5 Å². The molecule has 1 aromatic heterocycles. The van der Waals surface area contributed by atoms with E-state index in [1.165, 1.54) is 19.2 Å². The Morgan fingerprint density at radius 2 is 2.26 bits per heavy atom. The summed E-state index contributed by atoms with van der Waals surface area (Å²) in [4.78, 5) is 4.19. The first-order chi connectivity index (χ1) is 9.15. The van der Waals surface area contributed by atoms with Gasteiger partial charge in [0.15, 0.2) is 17.4 Å². The number of benzene rings is 1. The molecule has 1 atom stereocenters. The molecule has 1 unspecified atom stereocenters. The summed E-state index contributed by atoms with van der Waals surface area (Å²) in [6, 6.07) is 4.21. The molecule has 2 N–H and O–H groups in total. The fourth-order valence-corrected chi connectivity index (χ4v) is 1.74. The van der Waals surface area contributed by atoms with Gasteiger partial charge in [-0.05, 0) is 24.6 Å². The van der Waals surface area contributed by atoms with E-state index >= 15 is 0 Å². The number of rotatable bonds is 5. The van der Waals surface area contributed by atoms with Crippen LogP contribution in [0.1, 0.15) is 31.6 Å². The standard InChI is InChI=1S/C13H16FN3O2/c1-3-4-10(15)12-16-13(19-17-12)8-5-6-11(18-2)9(14)7-8/h5-7,10H,3-4,15H2,1-2H3. The number of hydrogen-bond acceptors (Lipinski definition) is 5. The molecule has 19 heavy (non-hydrogen) atoms. The van der Waals surface area contributed by atoms with Gasteiger partial charge in [0.1, 0.15) is 0 Å². The zero-order valence-electron chi connectivity index (χ0n) is 10.9. The number of methoxy groups -OCH3 is 1. The maximum atomic E-state index is 13.6. The van der Waals surface area contributed by atoms with Crippen LogP contribution in [-0.4, -0.2) is 17.3 Å². The fraction of sp³-hybridized carbons (Fsp3) is 0.385. The molecule has 0 bridgehead atoms. The third-order valence-corrected chi connectivity index (χ3v) is 2.77. The Morgan fingerprint density at radius 3 is 2.89 bits per heavy atom. The number of aromatic nitrogens is 2. The maximum Gasteiger partial charge on any atom is 0.258 e. The average Bonchev–Trinajstić information content (AvgIpc) is 2.88. The van der Waals surface area contributed by atoms with Crippen molar-refractivity contribution in [1.29, 1.82) is 0 Å². The van der Waals surface area contributed by atoms with E-state index < -0.39 is 5.82 Å². The van der Waals surface area contributed by atoms with Gasteiger partial charge in [0.2, 0.25) is 0 Å². The molecule has 5 nitrogen and oxygen atoms in total. The van der Waals surface area contributed by atoms with E-state index in [4.69, 9.17) is 15.0 Å². The van der Waals surface area contributed by atoms with Gasteiger partial charge < -0.3 is 15.0 Å². The van der Waals surface area contributed by atoms with E-state index in [1.54, 1.807) is 6.07 Å². The first-order valence-corrected chi connectivity index (χ1v) is 6.08. The second-order valence-electron chi connectivity index (χ2n) is 4.20. The number of hydrogen-bond donors (Lipinski definition) is 1. The molecule has 0 radical (unpaired) electrons.